The number of amides is 1. The lowest BCUT2D eigenvalue weighted by Crippen LogP contribution is -2.13. The number of rotatable bonds is 1. The Kier molecular flexibility index (Phi) is 2.56. The molecule has 64 valence electrons. The SMILES string of the molecule is Cc1c(O)ccc(C(N)=O)c1I. The standard InChI is InChI=1S/C8H8INO2/c1-4-6(11)3-2-5(7(4)9)8(10)12/h2-3,11H,1H3,(H2,10,12). The highest BCUT2D eigenvalue weighted by molar-refractivity contribution is 14.1. The van der Waals surface area contributed by atoms with Crippen LogP contribution in [-0.4, -0.2) is 11.0 Å². The third kappa shape index (κ3) is 1.52. The van der Waals surface area contributed by atoms with Gasteiger partial charge in [-0.3, -0.25) is 4.79 Å². The highest BCUT2D eigenvalue weighted by Crippen LogP contribution is 2.24. The number of aromatic hydroxyl groups is 1. The Morgan fingerprint density at radius 3 is 2.67 bits per heavy atom. The third-order valence-electron chi connectivity index (χ3n) is 1.62. The average molecular weight is 277 g/mol. The van der Waals surface area contributed by atoms with Crippen LogP contribution in [0.2, 0.25) is 0 Å². The average Bonchev–Trinajstić information content (AvgIpc) is 2.00. The highest BCUT2D eigenvalue weighted by Gasteiger charge is 2.10. The smallest absolute Gasteiger partial charge is 0.249 e. The molecule has 0 saturated heterocycles. The van der Waals surface area contributed by atoms with E-state index in [4.69, 9.17) is 5.73 Å². The summed E-state index contributed by atoms with van der Waals surface area (Å²) in [6.07, 6.45) is 0. The number of phenols is 1. The third-order valence-corrected chi connectivity index (χ3v) is 3.01. The fourth-order valence-electron chi connectivity index (χ4n) is 0.865. The van der Waals surface area contributed by atoms with Crippen LogP contribution in [-0.2, 0) is 0 Å². The molecule has 1 aromatic carbocycles. The zero-order chi connectivity index (χ0) is 9.30. The molecule has 0 radical (unpaired) electrons. The van der Waals surface area contributed by atoms with E-state index in [0.29, 0.717) is 14.7 Å². The Morgan fingerprint density at radius 2 is 2.17 bits per heavy atom. The van der Waals surface area contributed by atoms with Crippen LogP contribution in [0.25, 0.3) is 0 Å². The zero-order valence-electron chi connectivity index (χ0n) is 6.47. The summed E-state index contributed by atoms with van der Waals surface area (Å²) in [4.78, 5) is 10.8. The van der Waals surface area contributed by atoms with Gasteiger partial charge in [-0.15, -0.1) is 0 Å². The lowest BCUT2D eigenvalue weighted by atomic mass is 10.1. The lowest BCUT2D eigenvalue weighted by molar-refractivity contribution is 0.0999. The van der Waals surface area contributed by atoms with Gasteiger partial charge in [0.2, 0.25) is 5.91 Å². The van der Waals surface area contributed by atoms with Crippen LogP contribution in [0.3, 0.4) is 0 Å². The molecule has 0 atom stereocenters. The first-order chi connectivity index (χ1) is 5.54. The minimum Gasteiger partial charge on any atom is -0.508 e. The van der Waals surface area contributed by atoms with Crippen LogP contribution in [0, 0.1) is 10.5 Å². The van der Waals surface area contributed by atoms with Gasteiger partial charge in [-0.05, 0) is 41.6 Å². The molecule has 0 heterocycles. The van der Waals surface area contributed by atoms with Crippen molar-refractivity contribution in [1.29, 1.82) is 0 Å². The van der Waals surface area contributed by atoms with Gasteiger partial charge in [0.15, 0.2) is 0 Å². The maximum Gasteiger partial charge on any atom is 0.249 e. The largest absolute Gasteiger partial charge is 0.508 e. The van der Waals surface area contributed by atoms with E-state index in [1.165, 1.54) is 12.1 Å². The molecule has 12 heavy (non-hydrogen) atoms. The Bertz CT molecular complexity index is 336. The second-order valence-electron chi connectivity index (χ2n) is 2.44. The number of nitrogens with two attached hydrogens (primary N) is 1. The number of benzene rings is 1. The summed E-state index contributed by atoms with van der Waals surface area (Å²) < 4.78 is 0.708. The van der Waals surface area contributed by atoms with Gasteiger partial charge in [0.25, 0.3) is 0 Å². The van der Waals surface area contributed by atoms with Crippen molar-refractivity contribution in [2.45, 2.75) is 6.92 Å². The quantitative estimate of drug-likeness (QED) is 0.762. The van der Waals surface area contributed by atoms with Crippen LogP contribution in [0.1, 0.15) is 15.9 Å². The Balaban J connectivity index is 3.36. The molecule has 0 aliphatic heterocycles. The van der Waals surface area contributed by atoms with Crippen LogP contribution < -0.4 is 5.73 Å². The molecular weight excluding hydrogens is 269 g/mol. The Morgan fingerprint density at radius 1 is 1.58 bits per heavy atom. The number of carbonyl (C=O) groups is 1. The number of hydrogen-bond donors (Lipinski definition) is 2. The summed E-state index contributed by atoms with van der Waals surface area (Å²) in [5.41, 5.74) is 6.25. The zero-order valence-corrected chi connectivity index (χ0v) is 8.62. The minimum absolute atomic E-state index is 0.185. The van der Waals surface area contributed by atoms with E-state index in [2.05, 4.69) is 0 Å². The van der Waals surface area contributed by atoms with Crippen molar-refractivity contribution in [1.82, 2.24) is 0 Å². The van der Waals surface area contributed by atoms with Gasteiger partial charge in [-0.25, -0.2) is 0 Å². The van der Waals surface area contributed by atoms with E-state index < -0.39 is 5.91 Å². The molecule has 0 aromatic heterocycles. The number of primary amides is 1. The monoisotopic (exact) mass is 277 g/mol. The first kappa shape index (κ1) is 9.31. The van der Waals surface area contributed by atoms with E-state index in [9.17, 15) is 9.90 Å². The predicted octanol–water partition coefficient (Wildman–Crippen LogP) is 1.40. The van der Waals surface area contributed by atoms with Gasteiger partial charge >= 0.3 is 0 Å². The maximum atomic E-state index is 10.8. The fourth-order valence-corrected chi connectivity index (χ4v) is 1.59. The molecule has 0 aliphatic carbocycles. The van der Waals surface area contributed by atoms with Gasteiger partial charge in [0, 0.05) is 9.13 Å². The topological polar surface area (TPSA) is 63.3 Å². The Labute approximate surface area is 83.7 Å². The van der Waals surface area contributed by atoms with E-state index in [-0.39, 0.29) is 5.75 Å². The van der Waals surface area contributed by atoms with Gasteiger partial charge in [-0.2, -0.15) is 0 Å². The van der Waals surface area contributed by atoms with E-state index in [0.717, 1.165) is 0 Å². The normalized spacial score (nSPS) is 9.83. The van der Waals surface area contributed by atoms with Gasteiger partial charge < -0.3 is 10.8 Å². The van der Waals surface area contributed by atoms with Crippen LogP contribution in [0.4, 0.5) is 0 Å². The number of hydrogen-bond acceptors (Lipinski definition) is 2. The van der Waals surface area contributed by atoms with Crippen molar-refractivity contribution in [3.8, 4) is 5.75 Å². The van der Waals surface area contributed by atoms with E-state index in [1.54, 1.807) is 6.92 Å². The summed E-state index contributed by atoms with van der Waals surface area (Å²) in [5.74, 6) is -0.285. The maximum absolute atomic E-state index is 10.8. The van der Waals surface area contributed by atoms with E-state index in [1.807, 2.05) is 22.6 Å². The second-order valence-corrected chi connectivity index (χ2v) is 3.51. The predicted molar refractivity (Wildman–Crippen MR) is 54.1 cm³/mol. The van der Waals surface area contributed by atoms with Gasteiger partial charge in [0.1, 0.15) is 5.75 Å². The first-order valence-electron chi connectivity index (χ1n) is 3.32. The second kappa shape index (κ2) is 3.30. The molecule has 0 saturated carbocycles. The molecule has 0 fully saturated rings. The van der Waals surface area contributed by atoms with Gasteiger partial charge in [-0.1, -0.05) is 0 Å². The van der Waals surface area contributed by atoms with Gasteiger partial charge in [0.05, 0.1) is 5.56 Å². The summed E-state index contributed by atoms with van der Waals surface area (Å²) in [6.45, 7) is 1.74. The number of halogens is 1. The van der Waals surface area contributed by atoms with Crippen LogP contribution in [0.15, 0.2) is 12.1 Å². The molecule has 3 nitrogen and oxygen atoms in total. The summed E-state index contributed by atoms with van der Waals surface area (Å²) >= 11 is 1.98. The van der Waals surface area contributed by atoms with Crippen LogP contribution >= 0.6 is 22.6 Å². The molecule has 0 spiro atoms. The molecule has 3 N–H and O–H groups in total. The summed E-state index contributed by atoms with van der Waals surface area (Å²) in [5, 5.41) is 9.25. The van der Waals surface area contributed by atoms with E-state index >= 15 is 0 Å². The fraction of sp³-hybridized carbons (Fsp3) is 0.125. The molecule has 1 amide bonds. The summed E-state index contributed by atoms with van der Waals surface area (Å²) in [6, 6.07) is 2.99. The van der Waals surface area contributed by atoms with Crippen LogP contribution in [0.5, 0.6) is 5.75 Å². The van der Waals surface area contributed by atoms with Crippen molar-refractivity contribution >= 4 is 28.5 Å². The molecular formula is C8H8INO2. The Hall–Kier alpha value is -0.780. The summed E-state index contributed by atoms with van der Waals surface area (Å²) in [7, 11) is 0. The van der Waals surface area contributed by atoms with Crippen molar-refractivity contribution in [3.05, 3.63) is 26.8 Å². The van der Waals surface area contributed by atoms with Crippen molar-refractivity contribution < 1.29 is 9.90 Å². The minimum atomic E-state index is -0.470. The molecule has 0 aliphatic rings. The first-order valence-corrected chi connectivity index (χ1v) is 4.39. The molecule has 1 rings (SSSR count). The van der Waals surface area contributed by atoms with Crippen molar-refractivity contribution in [3.63, 3.8) is 0 Å². The molecule has 0 bridgehead atoms. The number of carbonyl (C=O) groups excluding carboxylic acids is 1. The van der Waals surface area contributed by atoms with Crippen molar-refractivity contribution in [2.75, 3.05) is 0 Å². The number of phenolic OH excluding ortho intramolecular Hbond substituents is 1. The molecule has 1 aromatic rings. The molecule has 4 heteroatoms. The highest BCUT2D eigenvalue weighted by atomic mass is 127. The lowest BCUT2D eigenvalue weighted by Gasteiger charge is -2.04. The molecule has 0 unspecified atom stereocenters. The van der Waals surface area contributed by atoms with Crippen molar-refractivity contribution in [2.24, 2.45) is 5.73 Å².